The summed E-state index contributed by atoms with van der Waals surface area (Å²) in [6.07, 6.45) is 7.77. The van der Waals surface area contributed by atoms with Crippen molar-refractivity contribution in [1.82, 2.24) is 4.31 Å². The monoisotopic (exact) mass is 472 g/mol. The van der Waals surface area contributed by atoms with E-state index in [1.807, 2.05) is 36.4 Å². The number of hydrogen-bond acceptors (Lipinski definition) is 6. The maximum absolute atomic E-state index is 13.1. The van der Waals surface area contributed by atoms with E-state index in [1.165, 1.54) is 16.4 Å². The number of hydrogen-bond donors (Lipinski definition) is 1. The fourth-order valence-electron chi connectivity index (χ4n) is 3.33. The van der Waals surface area contributed by atoms with Crippen molar-refractivity contribution in [3.8, 4) is 0 Å². The smallest absolute Gasteiger partial charge is 0.270 e. The van der Waals surface area contributed by atoms with Crippen LogP contribution in [-0.4, -0.2) is 37.0 Å². The average Bonchev–Trinajstić information content (AvgIpc) is 2.80. The summed E-state index contributed by atoms with van der Waals surface area (Å²) in [5.41, 5.74) is 4.74. The van der Waals surface area contributed by atoms with Crippen LogP contribution >= 0.6 is 0 Å². The van der Waals surface area contributed by atoms with E-state index >= 15 is 0 Å². The van der Waals surface area contributed by atoms with Crippen molar-refractivity contribution in [3.05, 3.63) is 69.8 Å². The van der Waals surface area contributed by atoms with Crippen molar-refractivity contribution >= 4 is 33.7 Å². The average molecular weight is 473 g/mol. The summed E-state index contributed by atoms with van der Waals surface area (Å²) in [4.78, 5) is 10.5. The highest BCUT2D eigenvalue weighted by molar-refractivity contribution is 7.89. The molecule has 2 aromatic carbocycles. The third kappa shape index (κ3) is 7.50. The van der Waals surface area contributed by atoms with Crippen LogP contribution in [0.1, 0.15) is 52.0 Å². The Morgan fingerprint density at radius 3 is 2.39 bits per heavy atom. The predicted octanol–water partition coefficient (Wildman–Crippen LogP) is 5.69. The molecule has 9 heteroatoms. The molecule has 33 heavy (non-hydrogen) atoms. The van der Waals surface area contributed by atoms with Gasteiger partial charge in [-0.3, -0.25) is 15.5 Å². The first-order valence-electron chi connectivity index (χ1n) is 11.2. The molecule has 0 unspecified atom stereocenters. The summed E-state index contributed by atoms with van der Waals surface area (Å²) in [6.45, 7) is 6.10. The van der Waals surface area contributed by atoms with Crippen LogP contribution in [0.2, 0.25) is 0 Å². The van der Waals surface area contributed by atoms with E-state index in [9.17, 15) is 18.5 Å². The number of nitrogens with zero attached hydrogens (tertiary/aromatic N) is 3. The lowest BCUT2D eigenvalue weighted by molar-refractivity contribution is -0.385. The Labute approximate surface area is 196 Å². The number of anilines is 1. The van der Waals surface area contributed by atoms with Crippen LogP contribution in [0, 0.1) is 10.1 Å². The van der Waals surface area contributed by atoms with Crippen LogP contribution in [0.4, 0.5) is 11.4 Å². The zero-order valence-electron chi connectivity index (χ0n) is 19.4. The lowest BCUT2D eigenvalue weighted by Gasteiger charge is -2.20. The number of allylic oxidation sites excluding steroid dienone is 1. The van der Waals surface area contributed by atoms with Crippen molar-refractivity contribution in [2.24, 2.45) is 5.10 Å². The zero-order chi connectivity index (χ0) is 24.3. The summed E-state index contributed by atoms with van der Waals surface area (Å²) in [5.74, 6) is 0. The molecule has 0 radical (unpaired) electrons. The lowest BCUT2D eigenvalue weighted by Crippen LogP contribution is -2.31. The van der Waals surface area contributed by atoms with Crippen molar-refractivity contribution in [2.45, 2.75) is 51.3 Å². The van der Waals surface area contributed by atoms with Crippen molar-refractivity contribution in [2.75, 3.05) is 18.5 Å². The van der Waals surface area contributed by atoms with E-state index in [-0.39, 0.29) is 29.4 Å². The van der Waals surface area contributed by atoms with Gasteiger partial charge in [-0.1, -0.05) is 70.0 Å². The number of nitro benzene ring substituents is 1. The summed E-state index contributed by atoms with van der Waals surface area (Å²) < 4.78 is 27.5. The Bertz CT molecular complexity index is 1080. The molecule has 2 rings (SSSR count). The number of nitro groups is 1. The first-order valence-corrected chi connectivity index (χ1v) is 12.6. The second-order valence-electron chi connectivity index (χ2n) is 7.48. The quantitative estimate of drug-likeness (QED) is 0.175. The van der Waals surface area contributed by atoms with Gasteiger partial charge in [0.2, 0.25) is 10.0 Å². The number of rotatable bonds is 13. The van der Waals surface area contributed by atoms with Crippen LogP contribution in [0.3, 0.4) is 0 Å². The van der Waals surface area contributed by atoms with E-state index in [1.54, 1.807) is 20.1 Å². The highest BCUT2D eigenvalue weighted by Crippen LogP contribution is 2.29. The third-order valence-electron chi connectivity index (χ3n) is 5.14. The van der Waals surface area contributed by atoms with E-state index in [0.717, 1.165) is 42.9 Å². The molecule has 0 spiro atoms. The summed E-state index contributed by atoms with van der Waals surface area (Å²) in [6, 6.07) is 13.6. The van der Waals surface area contributed by atoms with Crippen LogP contribution in [0.5, 0.6) is 0 Å². The van der Waals surface area contributed by atoms with Crippen molar-refractivity contribution < 1.29 is 13.3 Å². The molecule has 0 saturated carbocycles. The van der Waals surface area contributed by atoms with E-state index < -0.39 is 14.9 Å². The Morgan fingerprint density at radius 2 is 1.79 bits per heavy atom. The number of nitrogens with one attached hydrogen (secondary N) is 1. The van der Waals surface area contributed by atoms with Gasteiger partial charge in [-0.25, -0.2) is 8.42 Å². The SMILES string of the molecule is CCCCCC(C=NNc1ccc([N+](=O)[O-])cc1S(=O)(=O)N(CC)CC)=Cc1ccccc1. The molecule has 0 fully saturated rings. The second kappa shape index (κ2) is 12.9. The predicted molar refractivity (Wildman–Crippen MR) is 134 cm³/mol. The van der Waals surface area contributed by atoms with E-state index in [4.69, 9.17) is 0 Å². The van der Waals surface area contributed by atoms with Gasteiger partial charge in [0.15, 0.2) is 0 Å². The molecule has 0 bridgehead atoms. The Kier molecular flexibility index (Phi) is 10.2. The molecule has 0 aliphatic carbocycles. The molecule has 178 valence electrons. The Hall–Kier alpha value is -3.04. The molecule has 1 N–H and O–H groups in total. The first kappa shape index (κ1) is 26.2. The van der Waals surface area contributed by atoms with Crippen LogP contribution in [-0.2, 0) is 10.0 Å². The maximum atomic E-state index is 13.1. The standard InChI is InChI=1S/C24H32N4O4S/c1-4-7-9-14-21(17-20-12-10-8-11-13-20)19-25-26-23-16-15-22(28(29)30)18-24(23)33(31,32)27(5-2)6-3/h8,10-13,15-19,26H,4-7,9,14H2,1-3H3. The van der Waals surface area contributed by atoms with Crippen LogP contribution < -0.4 is 5.43 Å². The number of unbranched alkanes of at least 4 members (excludes halogenated alkanes) is 2. The van der Waals surface area contributed by atoms with E-state index in [0.29, 0.717) is 0 Å². The van der Waals surface area contributed by atoms with Gasteiger partial charge in [-0.15, -0.1) is 0 Å². The number of non-ortho nitro benzene ring substituents is 1. The third-order valence-corrected chi connectivity index (χ3v) is 7.23. The molecule has 8 nitrogen and oxygen atoms in total. The Morgan fingerprint density at radius 1 is 1.09 bits per heavy atom. The number of hydrazone groups is 1. The van der Waals surface area contributed by atoms with Gasteiger partial charge >= 0.3 is 0 Å². The van der Waals surface area contributed by atoms with Crippen LogP contribution in [0.25, 0.3) is 6.08 Å². The number of benzene rings is 2. The minimum absolute atomic E-state index is 0.169. The fourth-order valence-corrected chi connectivity index (χ4v) is 4.95. The molecule has 0 atom stereocenters. The van der Waals surface area contributed by atoms with Gasteiger partial charge in [0.1, 0.15) is 4.90 Å². The molecule has 0 amide bonds. The molecular formula is C24H32N4O4S. The van der Waals surface area contributed by atoms with Gasteiger partial charge in [0.05, 0.1) is 16.8 Å². The van der Waals surface area contributed by atoms with E-state index in [2.05, 4.69) is 17.5 Å². The van der Waals surface area contributed by atoms with Crippen molar-refractivity contribution in [3.63, 3.8) is 0 Å². The molecule has 2 aromatic rings. The fraction of sp³-hybridized carbons (Fsp3) is 0.375. The second-order valence-corrected chi connectivity index (χ2v) is 9.39. The largest absolute Gasteiger partial charge is 0.277 e. The van der Waals surface area contributed by atoms with Crippen LogP contribution in [0.15, 0.2) is 64.1 Å². The number of sulfonamides is 1. The van der Waals surface area contributed by atoms with Gasteiger partial charge in [-0.2, -0.15) is 9.41 Å². The molecule has 0 saturated heterocycles. The minimum atomic E-state index is -3.93. The molecule has 0 aromatic heterocycles. The highest BCUT2D eigenvalue weighted by Gasteiger charge is 2.27. The molecular weight excluding hydrogens is 440 g/mol. The lowest BCUT2D eigenvalue weighted by atomic mass is 10.1. The summed E-state index contributed by atoms with van der Waals surface area (Å²) in [7, 11) is -3.93. The van der Waals surface area contributed by atoms with Crippen molar-refractivity contribution in [1.29, 1.82) is 0 Å². The molecule has 0 aliphatic rings. The minimum Gasteiger partial charge on any atom is -0.277 e. The molecule has 0 aliphatic heterocycles. The van der Waals surface area contributed by atoms with Gasteiger partial charge in [0.25, 0.3) is 5.69 Å². The topological polar surface area (TPSA) is 105 Å². The molecule has 0 heterocycles. The highest BCUT2D eigenvalue weighted by atomic mass is 32.2. The first-order chi connectivity index (χ1) is 15.8. The summed E-state index contributed by atoms with van der Waals surface area (Å²) >= 11 is 0. The van der Waals surface area contributed by atoms with Gasteiger partial charge < -0.3 is 0 Å². The Balaban J connectivity index is 2.37. The van der Waals surface area contributed by atoms with Gasteiger partial charge in [0, 0.05) is 25.2 Å². The summed E-state index contributed by atoms with van der Waals surface area (Å²) in [5, 5.41) is 15.5. The normalized spacial score (nSPS) is 12.4. The zero-order valence-corrected chi connectivity index (χ0v) is 20.2. The van der Waals surface area contributed by atoms with Gasteiger partial charge in [-0.05, 0) is 30.0 Å². The maximum Gasteiger partial charge on any atom is 0.270 e.